The average molecular weight is 246 g/mol. The van der Waals surface area contributed by atoms with Crippen molar-refractivity contribution in [3.8, 4) is 6.07 Å². The molecule has 0 radical (unpaired) electrons. The van der Waals surface area contributed by atoms with Gasteiger partial charge in [0.15, 0.2) is 5.82 Å². The third-order valence-corrected chi connectivity index (χ3v) is 3.48. The molecule has 1 aromatic rings. The van der Waals surface area contributed by atoms with Gasteiger partial charge < -0.3 is 16.2 Å². The number of hydrogen-bond acceptors (Lipinski definition) is 5. The van der Waals surface area contributed by atoms with Gasteiger partial charge in [0, 0.05) is 12.7 Å². The van der Waals surface area contributed by atoms with Crippen molar-refractivity contribution in [1.29, 1.82) is 5.26 Å². The zero-order valence-electron chi connectivity index (χ0n) is 10.3. The molecular weight excluding hydrogens is 228 g/mol. The summed E-state index contributed by atoms with van der Waals surface area (Å²) < 4.78 is 0. The van der Waals surface area contributed by atoms with Crippen molar-refractivity contribution in [3.05, 3.63) is 17.8 Å². The topological polar surface area (TPSA) is 95.0 Å². The minimum absolute atomic E-state index is 0.347. The lowest BCUT2D eigenvalue weighted by atomic mass is 9.85. The molecule has 1 heterocycles. The second-order valence-corrected chi connectivity index (χ2v) is 4.87. The summed E-state index contributed by atoms with van der Waals surface area (Å²) in [5.41, 5.74) is 5.90. The van der Waals surface area contributed by atoms with Crippen LogP contribution in [0.2, 0.25) is 0 Å². The van der Waals surface area contributed by atoms with E-state index >= 15 is 0 Å². The molecule has 1 saturated carbocycles. The van der Waals surface area contributed by atoms with E-state index in [0.29, 0.717) is 23.6 Å². The molecule has 0 aliphatic heterocycles. The van der Waals surface area contributed by atoms with Crippen LogP contribution in [0.25, 0.3) is 0 Å². The van der Waals surface area contributed by atoms with Gasteiger partial charge in [-0.25, -0.2) is 4.98 Å². The molecule has 1 aromatic heterocycles. The number of hydrogen-bond donors (Lipinski definition) is 3. The second-order valence-electron chi connectivity index (χ2n) is 4.87. The molecule has 2 rings (SSSR count). The quantitative estimate of drug-likeness (QED) is 0.753. The lowest BCUT2D eigenvalue weighted by Crippen LogP contribution is -2.39. The van der Waals surface area contributed by atoms with Crippen LogP contribution in [0.1, 0.15) is 37.7 Å². The van der Waals surface area contributed by atoms with Crippen molar-refractivity contribution in [2.75, 3.05) is 17.6 Å². The number of nitriles is 1. The Kier molecular flexibility index (Phi) is 3.68. The number of anilines is 2. The zero-order valence-corrected chi connectivity index (χ0v) is 10.3. The standard InChI is InChI=1S/C13H18N4O/c14-8-10-4-7-16-12(11(10)15)17-9-13(18)5-2-1-3-6-13/h4,7,18H,1-3,5-6,9,15H2,(H,16,17). The Labute approximate surface area is 107 Å². The Morgan fingerprint density at radius 2 is 2.17 bits per heavy atom. The molecule has 0 aromatic carbocycles. The number of rotatable bonds is 3. The van der Waals surface area contributed by atoms with Gasteiger partial charge >= 0.3 is 0 Å². The molecule has 5 heteroatoms. The van der Waals surface area contributed by atoms with Gasteiger partial charge in [-0.1, -0.05) is 19.3 Å². The number of aromatic nitrogens is 1. The number of pyridine rings is 1. The zero-order chi connectivity index (χ0) is 13.0. The van der Waals surface area contributed by atoms with E-state index in [4.69, 9.17) is 11.0 Å². The monoisotopic (exact) mass is 246 g/mol. The Bertz CT molecular complexity index is 461. The van der Waals surface area contributed by atoms with E-state index in [1.54, 1.807) is 12.3 Å². The highest BCUT2D eigenvalue weighted by molar-refractivity contribution is 5.68. The molecular formula is C13H18N4O. The van der Waals surface area contributed by atoms with Gasteiger partial charge in [0.1, 0.15) is 6.07 Å². The predicted octanol–water partition coefficient (Wildman–Crippen LogP) is 1.64. The maximum atomic E-state index is 10.4. The molecule has 0 amide bonds. The van der Waals surface area contributed by atoms with Crippen LogP contribution in [0.4, 0.5) is 11.5 Å². The molecule has 0 atom stereocenters. The normalized spacial score (nSPS) is 18.0. The maximum absolute atomic E-state index is 10.4. The van der Waals surface area contributed by atoms with Crippen molar-refractivity contribution in [1.82, 2.24) is 4.98 Å². The van der Waals surface area contributed by atoms with Gasteiger partial charge in [0.25, 0.3) is 0 Å². The van der Waals surface area contributed by atoms with Crippen molar-refractivity contribution in [2.24, 2.45) is 0 Å². The summed E-state index contributed by atoms with van der Waals surface area (Å²) in [6.07, 6.45) is 6.45. The highest BCUT2D eigenvalue weighted by atomic mass is 16.3. The Balaban J connectivity index is 2.04. The van der Waals surface area contributed by atoms with Crippen molar-refractivity contribution < 1.29 is 5.11 Å². The van der Waals surface area contributed by atoms with Crippen LogP contribution >= 0.6 is 0 Å². The van der Waals surface area contributed by atoms with E-state index in [-0.39, 0.29) is 0 Å². The fraction of sp³-hybridized carbons (Fsp3) is 0.538. The molecule has 0 spiro atoms. The first-order chi connectivity index (χ1) is 8.64. The van der Waals surface area contributed by atoms with E-state index in [2.05, 4.69) is 10.3 Å². The molecule has 1 fully saturated rings. The molecule has 0 unspecified atom stereocenters. The predicted molar refractivity (Wildman–Crippen MR) is 69.9 cm³/mol. The lowest BCUT2D eigenvalue weighted by molar-refractivity contribution is 0.0167. The smallest absolute Gasteiger partial charge is 0.150 e. The van der Waals surface area contributed by atoms with Crippen LogP contribution in [0.3, 0.4) is 0 Å². The van der Waals surface area contributed by atoms with Gasteiger partial charge in [-0.05, 0) is 18.9 Å². The second kappa shape index (κ2) is 5.23. The summed E-state index contributed by atoms with van der Waals surface area (Å²) in [6.45, 7) is 0.430. The fourth-order valence-corrected chi connectivity index (χ4v) is 2.35. The third-order valence-electron chi connectivity index (χ3n) is 3.48. The number of nitrogens with one attached hydrogen (secondary N) is 1. The number of aliphatic hydroxyl groups is 1. The summed E-state index contributed by atoms with van der Waals surface area (Å²) in [6, 6.07) is 3.59. The highest BCUT2D eigenvalue weighted by Gasteiger charge is 2.29. The molecule has 18 heavy (non-hydrogen) atoms. The number of nitrogens with zero attached hydrogens (tertiary/aromatic N) is 2. The summed E-state index contributed by atoms with van der Waals surface area (Å²) in [4.78, 5) is 4.10. The van der Waals surface area contributed by atoms with Gasteiger partial charge in [0.05, 0.1) is 16.9 Å². The van der Waals surface area contributed by atoms with Crippen molar-refractivity contribution >= 4 is 11.5 Å². The Morgan fingerprint density at radius 3 is 2.83 bits per heavy atom. The van der Waals surface area contributed by atoms with Gasteiger partial charge in [0.2, 0.25) is 0 Å². The lowest BCUT2D eigenvalue weighted by Gasteiger charge is -2.32. The van der Waals surface area contributed by atoms with Crippen molar-refractivity contribution in [2.45, 2.75) is 37.7 Å². The first kappa shape index (κ1) is 12.7. The van der Waals surface area contributed by atoms with Gasteiger partial charge in [-0.3, -0.25) is 0 Å². The molecule has 1 aliphatic rings. The summed E-state index contributed by atoms with van der Waals surface area (Å²) in [5, 5.41) is 22.3. The van der Waals surface area contributed by atoms with Crippen LogP contribution in [0.5, 0.6) is 0 Å². The molecule has 1 aliphatic carbocycles. The molecule has 5 nitrogen and oxygen atoms in total. The van der Waals surface area contributed by atoms with Crippen LogP contribution < -0.4 is 11.1 Å². The first-order valence-electron chi connectivity index (χ1n) is 6.25. The number of nitrogen functional groups attached to an aromatic ring is 1. The largest absolute Gasteiger partial charge is 0.395 e. The van der Waals surface area contributed by atoms with E-state index < -0.39 is 5.60 Å². The van der Waals surface area contributed by atoms with Crippen LogP contribution in [-0.2, 0) is 0 Å². The summed E-state index contributed by atoms with van der Waals surface area (Å²) >= 11 is 0. The van der Waals surface area contributed by atoms with Gasteiger partial charge in [-0.2, -0.15) is 5.26 Å². The van der Waals surface area contributed by atoms with Gasteiger partial charge in [-0.15, -0.1) is 0 Å². The molecule has 0 bridgehead atoms. The van der Waals surface area contributed by atoms with Crippen LogP contribution in [0, 0.1) is 11.3 Å². The Morgan fingerprint density at radius 1 is 1.44 bits per heavy atom. The van der Waals surface area contributed by atoms with Crippen LogP contribution in [0.15, 0.2) is 12.3 Å². The minimum atomic E-state index is -0.672. The van der Waals surface area contributed by atoms with E-state index in [0.717, 1.165) is 25.7 Å². The first-order valence-corrected chi connectivity index (χ1v) is 6.25. The summed E-state index contributed by atoms with van der Waals surface area (Å²) in [5.74, 6) is 0.480. The van der Waals surface area contributed by atoms with E-state index in [1.165, 1.54) is 6.42 Å². The number of nitrogens with two attached hydrogens (primary N) is 1. The molecule has 4 N–H and O–H groups in total. The third kappa shape index (κ3) is 2.71. The maximum Gasteiger partial charge on any atom is 0.150 e. The minimum Gasteiger partial charge on any atom is -0.395 e. The van der Waals surface area contributed by atoms with E-state index in [9.17, 15) is 5.11 Å². The SMILES string of the molecule is N#Cc1ccnc(NCC2(O)CCCCC2)c1N. The fourth-order valence-electron chi connectivity index (χ4n) is 2.35. The summed E-state index contributed by atoms with van der Waals surface area (Å²) in [7, 11) is 0. The molecule has 0 saturated heterocycles. The van der Waals surface area contributed by atoms with Crippen LogP contribution in [-0.4, -0.2) is 22.2 Å². The highest BCUT2D eigenvalue weighted by Crippen LogP contribution is 2.29. The molecule has 96 valence electrons. The Hall–Kier alpha value is -1.80. The van der Waals surface area contributed by atoms with E-state index in [1.807, 2.05) is 6.07 Å². The van der Waals surface area contributed by atoms with Crippen molar-refractivity contribution in [3.63, 3.8) is 0 Å². The average Bonchev–Trinajstić information content (AvgIpc) is 2.38.